The summed E-state index contributed by atoms with van der Waals surface area (Å²) in [6.07, 6.45) is -11.3. The second-order valence-electron chi connectivity index (χ2n) is 7.80. The summed E-state index contributed by atoms with van der Waals surface area (Å²) in [7, 11) is 0. The van der Waals surface area contributed by atoms with Crippen LogP contribution in [0.4, 0.5) is 26.3 Å². The Morgan fingerprint density at radius 1 is 0.742 bits per heavy atom. The van der Waals surface area contributed by atoms with E-state index in [1.165, 1.54) is 0 Å². The minimum atomic E-state index is -5.63. The third-order valence-corrected chi connectivity index (χ3v) is 11.6. The normalized spacial score (nSPS) is 30.6. The van der Waals surface area contributed by atoms with Gasteiger partial charge < -0.3 is 0 Å². The molecule has 2 heterocycles. The van der Waals surface area contributed by atoms with Crippen molar-refractivity contribution in [2.75, 3.05) is 52.5 Å². The maximum absolute atomic E-state index is 13.7. The molecule has 0 bridgehead atoms. The molecule has 2 atom stereocenters. The Morgan fingerprint density at radius 3 is 1.45 bits per heavy atom. The molecule has 13 heteroatoms. The number of nitrogens with zero attached hydrogens (tertiary/aromatic N) is 2. The van der Waals surface area contributed by atoms with E-state index in [1.54, 1.807) is 9.80 Å². The molecule has 2 fully saturated rings. The fourth-order valence-electron chi connectivity index (χ4n) is 3.39. The molecule has 0 aromatic rings. The van der Waals surface area contributed by atoms with Gasteiger partial charge in [0, 0.05) is 0 Å². The van der Waals surface area contributed by atoms with E-state index >= 15 is 0 Å². The molecule has 0 aliphatic carbocycles. The molecule has 0 radical (unpaired) electrons. The number of unbranched alkanes of at least 4 members (excludes halogenated alkanes) is 2. The van der Waals surface area contributed by atoms with Gasteiger partial charge in [-0.3, -0.25) is 0 Å². The number of halogens is 6. The summed E-state index contributed by atoms with van der Waals surface area (Å²) in [5.74, 6) is 0. The first kappa shape index (κ1) is 27.4. The molecule has 184 valence electrons. The van der Waals surface area contributed by atoms with Gasteiger partial charge in [-0.2, -0.15) is 0 Å². The average Bonchev–Trinajstić information content (AvgIpc) is 2.62. The van der Waals surface area contributed by atoms with Gasteiger partial charge >= 0.3 is 185 Å². The summed E-state index contributed by atoms with van der Waals surface area (Å²) >= 11 is -5.63. The number of hydrogen-bond donors (Lipinski definition) is 0. The molecule has 31 heavy (non-hydrogen) atoms. The van der Waals surface area contributed by atoms with Gasteiger partial charge in [-0.15, -0.1) is 0 Å². The van der Waals surface area contributed by atoms with Gasteiger partial charge in [0.1, 0.15) is 0 Å². The van der Waals surface area contributed by atoms with Crippen molar-refractivity contribution in [3.8, 4) is 0 Å². The summed E-state index contributed by atoms with van der Waals surface area (Å²) < 4.78 is 104. The van der Waals surface area contributed by atoms with E-state index < -0.39 is 57.7 Å². The predicted octanol–water partition coefficient (Wildman–Crippen LogP) is 3.58. The quantitative estimate of drug-likeness (QED) is 0.358. The maximum atomic E-state index is 13.7. The van der Waals surface area contributed by atoms with E-state index in [0.717, 1.165) is 12.8 Å². The molecule has 2 rings (SSSR count). The first-order valence-corrected chi connectivity index (χ1v) is 15.4. The number of alkyl halides is 6. The van der Waals surface area contributed by atoms with Crippen LogP contribution in [0.2, 0.25) is 0 Å². The van der Waals surface area contributed by atoms with E-state index in [9.17, 15) is 26.3 Å². The Labute approximate surface area is 185 Å². The molecule has 0 N–H and O–H groups in total. The van der Waals surface area contributed by atoms with E-state index in [2.05, 4.69) is 0 Å². The molecule has 2 unspecified atom stereocenters. The van der Waals surface area contributed by atoms with Crippen LogP contribution in [0, 0.1) is 0 Å². The Morgan fingerprint density at radius 2 is 1.13 bits per heavy atom. The van der Waals surface area contributed by atoms with Gasteiger partial charge in [0.2, 0.25) is 0 Å². The molecule has 0 aromatic carbocycles. The van der Waals surface area contributed by atoms with Crippen molar-refractivity contribution in [1.29, 1.82) is 0 Å². The van der Waals surface area contributed by atoms with Gasteiger partial charge in [0.05, 0.1) is 0 Å². The van der Waals surface area contributed by atoms with Crippen LogP contribution >= 0.6 is 0 Å². The van der Waals surface area contributed by atoms with Crippen molar-refractivity contribution in [2.45, 2.75) is 64.1 Å². The number of rotatable bonds is 6. The van der Waals surface area contributed by atoms with Crippen LogP contribution in [-0.2, 0) is 12.3 Å². The molecule has 6 nitrogen and oxygen atoms in total. The fraction of sp³-hybridized carbons (Fsp3) is 1.00. The van der Waals surface area contributed by atoms with Gasteiger partial charge in [0.15, 0.2) is 0 Å². The number of hydrogen-bond acceptors (Lipinski definition) is 6. The summed E-state index contributed by atoms with van der Waals surface area (Å²) in [4.78, 5) is 3.11. The van der Waals surface area contributed by atoms with E-state index in [-0.39, 0.29) is 26.3 Å². The Hall–Kier alpha value is 0.139. The van der Waals surface area contributed by atoms with Crippen LogP contribution in [0.15, 0.2) is 0 Å². The summed E-state index contributed by atoms with van der Waals surface area (Å²) in [5.41, 5.74) is 0. The first-order valence-electron chi connectivity index (χ1n) is 10.7. The molecule has 0 saturated carbocycles. The monoisotopic (exact) mass is 574 g/mol. The minimum absolute atomic E-state index is 0.103. The first-order chi connectivity index (χ1) is 14.5. The van der Waals surface area contributed by atoms with Crippen molar-refractivity contribution in [3.05, 3.63) is 0 Å². The van der Waals surface area contributed by atoms with Crippen LogP contribution < -0.4 is 0 Å². The standard InChI is InChI=1S/2C9H16F3NO2.Sn/c2*1-2-3-4-13(5-6-14)7-8(15)9(10,11)12;/h2*8H,2-7H2,1H3;/q2*-2;+4. The van der Waals surface area contributed by atoms with Crippen LogP contribution in [0.1, 0.15) is 39.5 Å². The van der Waals surface area contributed by atoms with Crippen LogP contribution in [0.25, 0.3) is 0 Å². The van der Waals surface area contributed by atoms with Crippen molar-refractivity contribution < 1.29 is 38.6 Å². The van der Waals surface area contributed by atoms with Crippen molar-refractivity contribution in [3.63, 3.8) is 0 Å². The molecule has 2 saturated heterocycles. The molecule has 2 aliphatic heterocycles. The zero-order valence-electron chi connectivity index (χ0n) is 17.9. The third-order valence-electron chi connectivity index (χ3n) is 5.18. The van der Waals surface area contributed by atoms with E-state index in [4.69, 9.17) is 12.3 Å². The topological polar surface area (TPSA) is 43.4 Å². The van der Waals surface area contributed by atoms with Crippen LogP contribution in [0.3, 0.4) is 0 Å². The summed E-state index contributed by atoms with van der Waals surface area (Å²) in [6, 6.07) is 0. The SMILES string of the molecule is CCCCN1CC[O][Sn]2([O]CCN(CCCC)CC(C(F)(F)F)[O]2)[O]C(C(F)(F)F)C1. The Balaban J connectivity index is 2.23. The van der Waals surface area contributed by atoms with Crippen LogP contribution in [0.5, 0.6) is 0 Å². The van der Waals surface area contributed by atoms with Crippen molar-refractivity contribution in [1.82, 2.24) is 9.80 Å². The van der Waals surface area contributed by atoms with Gasteiger partial charge in [0.25, 0.3) is 0 Å². The second-order valence-corrected chi connectivity index (χ2v) is 13.6. The molecule has 2 aliphatic rings. The average molecular weight is 573 g/mol. The molecule has 0 aromatic heterocycles. The van der Waals surface area contributed by atoms with Crippen molar-refractivity contribution in [2.24, 2.45) is 0 Å². The molecular formula is C18H32F6N2O4Sn. The molecule has 1 spiro atoms. The van der Waals surface area contributed by atoms with Crippen molar-refractivity contribution >= 4 is 20.0 Å². The molecule has 0 amide bonds. The predicted molar refractivity (Wildman–Crippen MR) is 102 cm³/mol. The summed E-state index contributed by atoms with van der Waals surface area (Å²) in [5, 5.41) is 0. The van der Waals surface area contributed by atoms with E-state index in [0.29, 0.717) is 25.9 Å². The van der Waals surface area contributed by atoms with E-state index in [1.807, 2.05) is 13.8 Å². The van der Waals surface area contributed by atoms with Gasteiger partial charge in [-0.25, -0.2) is 0 Å². The third kappa shape index (κ3) is 8.78. The molecular weight excluding hydrogens is 541 g/mol. The fourth-order valence-corrected chi connectivity index (χ4v) is 9.69. The van der Waals surface area contributed by atoms with Crippen LogP contribution in [-0.4, -0.2) is 107 Å². The second kappa shape index (κ2) is 12.0. The summed E-state index contributed by atoms with van der Waals surface area (Å²) in [6.45, 7) is 3.76. The Bertz CT molecular complexity index is 494. The zero-order chi connectivity index (χ0) is 23.1. The van der Waals surface area contributed by atoms with Gasteiger partial charge in [-0.1, -0.05) is 0 Å². The van der Waals surface area contributed by atoms with Gasteiger partial charge in [-0.05, 0) is 0 Å². The Kier molecular flexibility index (Phi) is 10.6. The zero-order valence-corrected chi connectivity index (χ0v) is 20.8.